The van der Waals surface area contributed by atoms with Crippen LogP contribution in [0.4, 0.5) is 0 Å². The Balaban J connectivity index is 2.23. The lowest BCUT2D eigenvalue weighted by atomic mass is 10.2. The number of benzene rings is 1. The first kappa shape index (κ1) is 10.9. The van der Waals surface area contributed by atoms with E-state index in [0.717, 1.165) is 10.2 Å². The number of carbonyl (C=O) groups is 1. The Morgan fingerprint density at radius 2 is 2.44 bits per heavy atom. The second-order valence-corrected chi connectivity index (χ2v) is 4.22. The van der Waals surface area contributed by atoms with Crippen LogP contribution in [-0.2, 0) is 4.79 Å². The molecule has 1 heterocycles. The molecule has 1 unspecified atom stereocenters. The van der Waals surface area contributed by atoms with Crippen molar-refractivity contribution in [3.63, 3.8) is 0 Å². The van der Waals surface area contributed by atoms with Crippen LogP contribution >= 0.6 is 11.3 Å². The Bertz CT molecular complexity index is 509. The van der Waals surface area contributed by atoms with Gasteiger partial charge >= 0.3 is 5.97 Å². The van der Waals surface area contributed by atoms with Gasteiger partial charge in [0.25, 0.3) is 0 Å². The van der Waals surface area contributed by atoms with Crippen LogP contribution in [0.5, 0.6) is 5.75 Å². The van der Waals surface area contributed by atoms with Gasteiger partial charge in [-0.05, 0) is 24.6 Å². The molecule has 0 spiro atoms. The summed E-state index contributed by atoms with van der Waals surface area (Å²) in [4.78, 5) is 15.0. The van der Waals surface area contributed by atoms with Crippen LogP contribution in [0.15, 0.2) is 23.7 Å². The molecule has 2 aromatic rings. The number of aromatic nitrogens is 1. The summed E-state index contributed by atoms with van der Waals surface area (Å²) < 4.78 is 6.38. The van der Waals surface area contributed by atoms with E-state index in [2.05, 4.69) is 4.98 Å². The fraction of sp³-hybridized carbons (Fsp3) is 0.273. The van der Waals surface area contributed by atoms with Crippen LogP contribution in [-0.4, -0.2) is 22.2 Å². The summed E-state index contributed by atoms with van der Waals surface area (Å²) >= 11 is 1.51. The molecule has 0 aliphatic carbocycles. The van der Waals surface area contributed by atoms with Crippen LogP contribution in [0.25, 0.3) is 10.2 Å². The largest absolute Gasteiger partial charge is 0.479 e. The minimum Gasteiger partial charge on any atom is -0.479 e. The molecule has 0 amide bonds. The zero-order chi connectivity index (χ0) is 11.5. The topological polar surface area (TPSA) is 59.4 Å². The fourth-order valence-electron chi connectivity index (χ4n) is 1.38. The molecule has 84 valence electrons. The number of hydrogen-bond donors (Lipinski definition) is 1. The summed E-state index contributed by atoms with van der Waals surface area (Å²) in [6, 6.07) is 5.39. The van der Waals surface area contributed by atoms with E-state index < -0.39 is 12.1 Å². The summed E-state index contributed by atoms with van der Waals surface area (Å²) in [5.41, 5.74) is 2.66. The number of aliphatic carboxylic acids is 1. The first-order valence-electron chi connectivity index (χ1n) is 4.93. The lowest BCUT2D eigenvalue weighted by Gasteiger charge is -2.12. The van der Waals surface area contributed by atoms with Gasteiger partial charge in [-0.25, -0.2) is 9.78 Å². The molecule has 0 aliphatic rings. The van der Waals surface area contributed by atoms with Gasteiger partial charge in [-0.2, -0.15) is 0 Å². The first-order chi connectivity index (χ1) is 7.70. The van der Waals surface area contributed by atoms with Gasteiger partial charge in [0.15, 0.2) is 6.10 Å². The van der Waals surface area contributed by atoms with E-state index in [0.29, 0.717) is 12.2 Å². The Morgan fingerprint density at radius 3 is 3.12 bits per heavy atom. The van der Waals surface area contributed by atoms with E-state index in [1.807, 2.05) is 12.1 Å². The van der Waals surface area contributed by atoms with Gasteiger partial charge in [0.1, 0.15) is 5.75 Å². The number of carboxylic acids is 1. The minimum atomic E-state index is -0.938. The van der Waals surface area contributed by atoms with E-state index in [-0.39, 0.29) is 0 Å². The Hall–Kier alpha value is -1.62. The van der Waals surface area contributed by atoms with E-state index >= 15 is 0 Å². The summed E-state index contributed by atoms with van der Waals surface area (Å²) in [6.45, 7) is 1.78. The molecule has 0 saturated heterocycles. The highest BCUT2D eigenvalue weighted by atomic mass is 32.1. The average Bonchev–Trinajstić information content (AvgIpc) is 2.72. The first-order valence-corrected chi connectivity index (χ1v) is 5.81. The smallest absolute Gasteiger partial charge is 0.344 e. The Kier molecular flexibility index (Phi) is 3.05. The second kappa shape index (κ2) is 4.49. The highest BCUT2D eigenvalue weighted by molar-refractivity contribution is 7.16. The molecule has 0 aliphatic heterocycles. The maximum atomic E-state index is 10.8. The molecule has 1 aromatic carbocycles. The van der Waals surface area contributed by atoms with Gasteiger partial charge in [-0.15, -0.1) is 11.3 Å². The van der Waals surface area contributed by atoms with E-state index in [1.54, 1.807) is 18.5 Å². The van der Waals surface area contributed by atoms with Crippen LogP contribution in [0.3, 0.4) is 0 Å². The summed E-state index contributed by atoms with van der Waals surface area (Å²) in [5.74, 6) is -0.363. The fourth-order valence-corrected chi connectivity index (χ4v) is 2.09. The number of carboxylic acid groups (broad SMARTS) is 1. The molecule has 0 radical (unpaired) electrons. The zero-order valence-electron chi connectivity index (χ0n) is 8.71. The molecule has 0 fully saturated rings. The van der Waals surface area contributed by atoms with Gasteiger partial charge < -0.3 is 9.84 Å². The number of nitrogens with zero attached hydrogens (tertiary/aromatic N) is 1. The molecule has 4 nitrogen and oxygen atoms in total. The third-order valence-electron chi connectivity index (χ3n) is 2.23. The minimum absolute atomic E-state index is 0.441. The standard InChI is InChI=1S/C11H11NO3S/c1-2-9(11(13)14)15-7-3-4-8-10(5-7)16-6-12-8/h3-6,9H,2H2,1H3,(H,13,14). The quantitative estimate of drug-likeness (QED) is 0.887. The maximum absolute atomic E-state index is 10.8. The van der Waals surface area contributed by atoms with E-state index in [9.17, 15) is 4.79 Å². The average molecular weight is 237 g/mol. The second-order valence-electron chi connectivity index (χ2n) is 3.33. The molecule has 1 aromatic heterocycles. The van der Waals surface area contributed by atoms with Gasteiger partial charge in [-0.3, -0.25) is 0 Å². The van der Waals surface area contributed by atoms with Crippen molar-refractivity contribution in [1.82, 2.24) is 4.98 Å². The van der Waals surface area contributed by atoms with E-state index in [1.165, 1.54) is 11.3 Å². The van der Waals surface area contributed by atoms with Gasteiger partial charge in [0.2, 0.25) is 0 Å². The Morgan fingerprint density at radius 1 is 1.62 bits per heavy atom. The number of hydrogen-bond acceptors (Lipinski definition) is 4. The van der Waals surface area contributed by atoms with Crippen molar-refractivity contribution < 1.29 is 14.6 Å². The summed E-state index contributed by atoms with van der Waals surface area (Å²) in [6.07, 6.45) is -0.346. The van der Waals surface area contributed by atoms with Crippen molar-refractivity contribution in [2.45, 2.75) is 19.4 Å². The van der Waals surface area contributed by atoms with Crippen LogP contribution in [0.1, 0.15) is 13.3 Å². The molecule has 0 bridgehead atoms. The lowest BCUT2D eigenvalue weighted by Crippen LogP contribution is -2.25. The summed E-state index contributed by atoms with van der Waals surface area (Å²) in [5, 5.41) is 8.87. The molecule has 1 N–H and O–H groups in total. The SMILES string of the molecule is CCC(Oc1ccc2ncsc2c1)C(=O)O. The van der Waals surface area contributed by atoms with Gasteiger partial charge in [0, 0.05) is 0 Å². The third kappa shape index (κ3) is 2.14. The van der Waals surface area contributed by atoms with E-state index in [4.69, 9.17) is 9.84 Å². The van der Waals surface area contributed by atoms with Crippen molar-refractivity contribution in [3.05, 3.63) is 23.7 Å². The van der Waals surface area contributed by atoms with Crippen LogP contribution in [0.2, 0.25) is 0 Å². The van der Waals surface area contributed by atoms with Crippen molar-refractivity contribution in [3.8, 4) is 5.75 Å². The molecular formula is C11H11NO3S. The highest BCUT2D eigenvalue weighted by Crippen LogP contribution is 2.24. The van der Waals surface area contributed by atoms with Crippen molar-refractivity contribution in [2.24, 2.45) is 0 Å². The van der Waals surface area contributed by atoms with Crippen LogP contribution in [0, 0.1) is 0 Å². The van der Waals surface area contributed by atoms with Crippen molar-refractivity contribution >= 4 is 27.5 Å². The number of ether oxygens (including phenoxy) is 1. The zero-order valence-corrected chi connectivity index (χ0v) is 9.53. The molecule has 0 saturated carbocycles. The normalized spacial score (nSPS) is 12.6. The molecule has 1 atom stereocenters. The molecule has 16 heavy (non-hydrogen) atoms. The number of rotatable bonds is 4. The molecule has 2 rings (SSSR count). The van der Waals surface area contributed by atoms with Crippen molar-refractivity contribution in [1.29, 1.82) is 0 Å². The van der Waals surface area contributed by atoms with Crippen molar-refractivity contribution in [2.75, 3.05) is 0 Å². The highest BCUT2D eigenvalue weighted by Gasteiger charge is 2.16. The van der Waals surface area contributed by atoms with Gasteiger partial charge in [-0.1, -0.05) is 6.92 Å². The molecular weight excluding hydrogens is 226 g/mol. The summed E-state index contributed by atoms with van der Waals surface area (Å²) in [7, 11) is 0. The lowest BCUT2D eigenvalue weighted by molar-refractivity contribution is -0.145. The monoisotopic (exact) mass is 237 g/mol. The van der Waals surface area contributed by atoms with Gasteiger partial charge in [0.05, 0.1) is 15.7 Å². The maximum Gasteiger partial charge on any atom is 0.344 e. The predicted molar refractivity (Wildman–Crippen MR) is 62.0 cm³/mol. The third-order valence-corrected chi connectivity index (χ3v) is 3.02. The number of thiazole rings is 1. The Labute approximate surface area is 96.5 Å². The van der Waals surface area contributed by atoms with Crippen LogP contribution < -0.4 is 4.74 Å². The molecule has 5 heteroatoms. The number of fused-ring (bicyclic) bond motifs is 1. The predicted octanol–water partition coefficient (Wildman–Crippen LogP) is 2.54.